The van der Waals surface area contributed by atoms with Crippen LogP contribution in [-0.2, 0) is 14.3 Å². The highest BCUT2D eigenvalue weighted by Gasteiger charge is 2.18. The maximum Gasteiger partial charge on any atom is 0.331 e. The predicted molar refractivity (Wildman–Crippen MR) is 78.2 cm³/mol. The number of halogens is 1. The quantitative estimate of drug-likeness (QED) is 0.639. The first-order valence-electron chi connectivity index (χ1n) is 6.65. The molecule has 1 unspecified atom stereocenters. The molecule has 1 aromatic carbocycles. The van der Waals surface area contributed by atoms with E-state index in [1.54, 1.807) is 6.92 Å². The van der Waals surface area contributed by atoms with Crippen molar-refractivity contribution in [2.45, 2.75) is 20.0 Å². The third-order valence-electron chi connectivity index (χ3n) is 2.52. The molecular weight excluding hydrogens is 291 g/mol. The van der Waals surface area contributed by atoms with Crippen LogP contribution in [0.4, 0.5) is 9.18 Å². The Morgan fingerprint density at radius 3 is 2.50 bits per heavy atom. The molecule has 118 valence electrons. The Labute approximate surface area is 127 Å². The molecule has 0 radical (unpaired) electrons. The SMILES string of the molecule is CCNC(=O)NC(=O)C(C)OC(=O)/C=C/c1ccc(F)cc1. The van der Waals surface area contributed by atoms with Gasteiger partial charge >= 0.3 is 12.0 Å². The summed E-state index contributed by atoms with van der Waals surface area (Å²) in [5.41, 5.74) is 0.609. The van der Waals surface area contributed by atoms with Gasteiger partial charge in [0.15, 0.2) is 6.10 Å². The fourth-order valence-electron chi connectivity index (χ4n) is 1.42. The maximum atomic E-state index is 12.7. The second-order valence-electron chi connectivity index (χ2n) is 4.31. The molecule has 0 aromatic heterocycles. The van der Waals surface area contributed by atoms with E-state index in [-0.39, 0.29) is 5.82 Å². The van der Waals surface area contributed by atoms with Crippen molar-refractivity contribution in [2.24, 2.45) is 0 Å². The van der Waals surface area contributed by atoms with Crippen molar-refractivity contribution in [1.82, 2.24) is 10.6 Å². The average molecular weight is 308 g/mol. The normalized spacial score (nSPS) is 11.8. The number of nitrogens with one attached hydrogen (secondary N) is 2. The lowest BCUT2D eigenvalue weighted by Gasteiger charge is -2.11. The monoisotopic (exact) mass is 308 g/mol. The summed E-state index contributed by atoms with van der Waals surface area (Å²) in [7, 11) is 0. The minimum atomic E-state index is -1.12. The molecule has 0 aliphatic carbocycles. The number of urea groups is 1. The largest absolute Gasteiger partial charge is 0.449 e. The van der Waals surface area contributed by atoms with Crippen molar-refractivity contribution in [3.05, 3.63) is 41.7 Å². The molecule has 0 saturated heterocycles. The molecule has 22 heavy (non-hydrogen) atoms. The van der Waals surface area contributed by atoms with Gasteiger partial charge in [0.25, 0.3) is 5.91 Å². The van der Waals surface area contributed by atoms with Gasteiger partial charge in [-0.3, -0.25) is 10.1 Å². The fourth-order valence-corrected chi connectivity index (χ4v) is 1.42. The third-order valence-corrected chi connectivity index (χ3v) is 2.52. The molecule has 2 N–H and O–H groups in total. The van der Waals surface area contributed by atoms with E-state index in [4.69, 9.17) is 4.74 Å². The van der Waals surface area contributed by atoms with E-state index in [9.17, 15) is 18.8 Å². The number of carbonyl (C=O) groups is 3. The summed E-state index contributed by atoms with van der Waals surface area (Å²) in [5.74, 6) is -1.85. The van der Waals surface area contributed by atoms with Crippen molar-refractivity contribution in [2.75, 3.05) is 6.54 Å². The summed E-state index contributed by atoms with van der Waals surface area (Å²) < 4.78 is 17.6. The number of ether oxygens (including phenoxy) is 1. The zero-order chi connectivity index (χ0) is 16.5. The van der Waals surface area contributed by atoms with Gasteiger partial charge in [-0.2, -0.15) is 0 Å². The van der Waals surface area contributed by atoms with Crippen molar-refractivity contribution in [3.63, 3.8) is 0 Å². The van der Waals surface area contributed by atoms with Crippen LogP contribution in [0, 0.1) is 5.82 Å². The highest BCUT2D eigenvalue weighted by atomic mass is 19.1. The Kier molecular flexibility index (Phi) is 6.75. The minimum absolute atomic E-state index is 0.369. The number of rotatable bonds is 5. The standard InChI is InChI=1S/C15H17FN2O4/c1-3-17-15(21)18-14(20)10(2)22-13(19)9-6-11-4-7-12(16)8-5-11/h4-10H,3H2,1-2H3,(H2,17,18,20,21)/b9-6+. The summed E-state index contributed by atoms with van der Waals surface area (Å²) in [6.07, 6.45) is 1.42. The van der Waals surface area contributed by atoms with Gasteiger partial charge in [0.05, 0.1) is 0 Å². The maximum absolute atomic E-state index is 12.7. The second kappa shape index (κ2) is 8.56. The van der Waals surface area contributed by atoms with Crippen LogP contribution in [-0.4, -0.2) is 30.6 Å². The van der Waals surface area contributed by atoms with Crippen LogP contribution < -0.4 is 10.6 Å². The van der Waals surface area contributed by atoms with Gasteiger partial charge in [0, 0.05) is 12.6 Å². The first-order chi connectivity index (χ1) is 10.4. The summed E-state index contributed by atoms with van der Waals surface area (Å²) in [4.78, 5) is 34.3. The summed E-state index contributed by atoms with van der Waals surface area (Å²) >= 11 is 0. The first kappa shape index (κ1) is 17.4. The van der Waals surface area contributed by atoms with E-state index in [0.717, 1.165) is 6.08 Å². The molecule has 1 aromatic rings. The molecule has 6 nitrogen and oxygen atoms in total. The number of hydrogen-bond acceptors (Lipinski definition) is 4. The molecule has 0 aliphatic heterocycles. The Bertz CT molecular complexity index is 569. The summed E-state index contributed by atoms with van der Waals surface area (Å²) in [6.45, 7) is 3.42. The molecule has 7 heteroatoms. The van der Waals surface area contributed by atoms with Gasteiger partial charge in [-0.25, -0.2) is 14.0 Å². The Hall–Kier alpha value is -2.70. The van der Waals surface area contributed by atoms with Crippen molar-refractivity contribution in [3.8, 4) is 0 Å². The molecular formula is C15H17FN2O4. The van der Waals surface area contributed by atoms with Crippen LogP contribution in [0.25, 0.3) is 6.08 Å². The average Bonchev–Trinajstić information content (AvgIpc) is 2.46. The van der Waals surface area contributed by atoms with E-state index < -0.39 is 24.0 Å². The van der Waals surface area contributed by atoms with Crippen LogP contribution in [0.15, 0.2) is 30.3 Å². The number of amides is 3. The van der Waals surface area contributed by atoms with Crippen LogP contribution in [0.1, 0.15) is 19.4 Å². The van der Waals surface area contributed by atoms with E-state index >= 15 is 0 Å². The molecule has 1 atom stereocenters. The highest BCUT2D eigenvalue weighted by Crippen LogP contribution is 2.05. The summed E-state index contributed by atoms with van der Waals surface area (Å²) in [6, 6.07) is 4.84. The third kappa shape index (κ3) is 6.17. The molecule has 1 rings (SSSR count). The van der Waals surface area contributed by atoms with Gasteiger partial charge in [-0.1, -0.05) is 12.1 Å². The molecule has 0 spiro atoms. The molecule has 0 heterocycles. The lowest BCUT2D eigenvalue weighted by atomic mass is 10.2. The van der Waals surface area contributed by atoms with E-state index in [0.29, 0.717) is 12.1 Å². The van der Waals surface area contributed by atoms with Crippen LogP contribution in [0.2, 0.25) is 0 Å². The number of hydrogen-bond donors (Lipinski definition) is 2. The topological polar surface area (TPSA) is 84.5 Å². The molecule has 3 amide bonds. The molecule has 0 bridgehead atoms. The Morgan fingerprint density at radius 1 is 1.27 bits per heavy atom. The predicted octanol–water partition coefficient (Wildman–Crippen LogP) is 1.62. The Morgan fingerprint density at radius 2 is 1.91 bits per heavy atom. The molecule has 0 aliphatic rings. The lowest BCUT2D eigenvalue weighted by molar-refractivity contribution is -0.149. The van der Waals surface area contributed by atoms with Crippen molar-refractivity contribution in [1.29, 1.82) is 0 Å². The van der Waals surface area contributed by atoms with Gasteiger partial charge in [0.1, 0.15) is 5.82 Å². The summed E-state index contributed by atoms with van der Waals surface area (Å²) in [5, 5.41) is 4.41. The van der Waals surface area contributed by atoms with Gasteiger partial charge < -0.3 is 10.1 Å². The Balaban J connectivity index is 2.48. The number of esters is 1. The highest BCUT2D eigenvalue weighted by molar-refractivity contribution is 5.98. The first-order valence-corrected chi connectivity index (χ1v) is 6.65. The van der Waals surface area contributed by atoms with Crippen LogP contribution >= 0.6 is 0 Å². The lowest BCUT2D eigenvalue weighted by Crippen LogP contribution is -2.44. The number of carbonyl (C=O) groups excluding carboxylic acids is 3. The van der Waals surface area contributed by atoms with E-state index in [1.807, 2.05) is 5.32 Å². The molecule has 0 fully saturated rings. The smallest absolute Gasteiger partial charge is 0.331 e. The zero-order valence-electron chi connectivity index (χ0n) is 12.3. The molecule has 0 saturated carbocycles. The van der Waals surface area contributed by atoms with Gasteiger partial charge in [-0.15, -0.1) is 0 Å². The minimum Gasteiger partial charge on any atom is -0.449 e. The number of imide groups is 1. The van der Waals surface area contributed by atoms with Crippen molar-refractivity contribution < 1.29 is 23.5 Å². The van der Waals surface area contributed by atoms with E-state index in [2.05, 4.69) is 5.32 Å². The van der Waals surface area contributed by atoms with Crippen LogP contribution in [0.3, 0.4) is 0 Å². The van der Waals surface area contributed by atoms with Crippen molar-refractivity contribution >= 4 is 24.0 Å². The van der Waals surface area contributed by atoms with Gasteiger partial charge in [-0.05, 0) is 37.6 Å². The second-order valence-corrected chi connectivity index (χ2v) is 4.31. The van der Waals surface area contributed by atoms with E-state index in [1.165, 1.54) is 37.3 Å². The fraction of sp³-hybridized carbons (Fsp3) is 0.267. The number of benzene rings is 1. The van der Waals surface area contributed by atoms with Gasteiger partial charge in [0.2, 0.25) is 0 Å². The van der Waals surface area contributed by atoms with Crippen LogP contribution in [0.5, 0.6) is 0 Å². The zero-order valence-corrected chi connectivity index (χ0v) is 12.3.